The lowest BCUT2D eigenvalue weighted by atomic mass is 10.1. The summed E-state index contributed by atoms with van der Waals surface area (Å²) in [4.78, 5) is 13.6. The Kier molecular flexibility index (Phi) is 3.81. The summed E-state index contributed by atoms with van der Waals surface area (Å²) >= 11 is 6.83. The van der Waals surface area contributed by atoms with Gasteiger partial charge in [-0.25, -0.2) is 0 Å². The molecule has 1 saturated heterocycles. The Hall–Kier alpha value is -2.31. The van der Waals surface area contributed by atoms with E-state index in [1.54, 1.807) is 5.01 Å². The van der Waals surface area contributed by atoms with Crippen molar-refractivity contribution < 1.29 is 4.79 Å². The zero-order chi connectivity index (χ0) is 17.7. The average molecular weight is 367 g/mol. The van der Waals surface area contributed by atoms with Crippen LogP contribution in [0.3, 0.4) is 0 Å². The third-order valence-corrected chi connectivity index (χ3v) is 5.70. The molecule has 126 valence electrons. The van der Waals surface area contributed by atoms with Gasteiger partial charge in [0.1, 0.15) is 0 Å². The van der Waals surface area contributed by atoms with Crippen LogP contribution in [0.15, 0.2) is 47.5 Å². The molecule has 6 heteroatoms. The lowest BCUT2D eigenvalue weighted by Gasteiger charge is -2.20. The van der Waals surface area contributed by atoms with E-state index in [1.807, 2.05) is 62.1 Å². The average Bonchev–Trinajstić information content (AvgIpc) is 3.17. The molecule has 3 heterocycles. The SMILES string of the molecule is Cc1ccc(C)n1N1C(=O)/C(=C\c2cn(C)c3ccccc23)SC1=S. The smallest absolute Gasteiger partial charge is 0.285 e. The van der Waals surface area contributed by atoms with Gasteiger partial charge in [-0.2, -0.15) is 5.01 Å². The van der Waals surface area contributed by atoms with Gasteiger partial charge in [0.25, 0.3) is 5.91 Å². The van der Waals surface area contributed by atoms with E-state index < -0.39 is 0 Å². The lowest BCUT2D eigenvalue weighted by molar-refractivity contribution is -0.114. The molecule has 4 nitrogen and oxygen atoms in total. The molecule has 1 amide bonds. The van der Waals surface area contributed by atoms with E-state index in [2.05, 4.69) is 16.7 Å². The maximum absolute atomic E-state index is 13.0. The molecule has 0 N–H and O–H groups in total. The highest BCUT2D eigenvalue weighted by Crippen LogP contribution is 2.34. The zero-order valence-corrected chi connectivity index (χ0v) is 15.8. The maximum Gasteiger partial charge on any atom is 0.285 e. The molecule has 4 rings (SSSR count). The first-order valence-corrected chi connectivity index (χ1v) is 9.17. The maximum atomic E-state index is 13.0. The number of rotatable bonds is 2. The summed E-state index contributed by atoms with van der Waals surface area (Å²) in [5.41, 5.74) is 4.14. The number of aromatic nitrogens is 2. The highest BCUT2D eigenvalue weighted by Gasteiger charge is 2.34. The number of hydrogen-bond donors (Lipinski definition) is 0. The zero-order valence-electron chi connectivity index (χ0n) is 14.2. The van der Waals surface area contributed by atoms with Crippen LogP contribution in [0.1, 0.15) is 17.0 Å². The van der Waals surface area contributed by atoms with Crippen LogP contribution in [0.25, 0.3) is 17.0 Å². The Labute approximate surface area is 155 Å². The predicted molar refractivity (Wildman–Crippen MR) is 108 cm³/mol. The molecular formula is C19H17N3OS2. The van der Waals surface area contributed by atoms with Crippen molar-refractivity contribution in [2.24, 2.45) is 7.05 Å². The molecule has 2 aromatic heterocycles. The summed E-state index contributed by atoms with van der Waals surface area (Å²) in [5.74, 6) is -0.0784. The van der Waals surface area contributed by atoms with Gasteiger partial charge >= 0.3 is 0 Å². The van der Waals surface area contributed by atoms with Crippen LogP contribution in [-0.2, 0) is 11.8 Å². The van der Waals surface area contributed by atoms with Gasteiger partial charge in [-0.1, -0.05) is 30.0 Å². The summed E-state index contributed by atoms with van der Waals surface area (Å²) in [6.07, 6.45) is 3.99. The number of fused-ring (bicyclic) bond motifs is 1. The largest absolute Gasteiger partial charge is 0.350 e. The van der Waals surface area contributed by atoms with Crippen molar-refractivity contribution in [3.63, 3.8) is 0 Å². The number of thiocarbonyl (C=S) groups is 1. The number of carbonyl (C=O) groups excluding carboxylic acids is 1. The van der Waals surface area contributed by atoms with Gasteiger partial charge in [-0.15, -0.1) is 0 Å². The second-order valence-electron chi connectivity index (χ2n) is 6.13. The number of amides is 1. The molecular weight excluding hydrogens is 350 g/mol. The second-order valence-corrected chi connectivity index (χ2v) is 7.81. The Bertz CT molecular complexity index is 1040. The number of thioether (sulfide) groups is 1. The molecule has 1 fully saturated rings. The molecule has 0 bridgehead atoms. The molecule has 1 aliphatic heterocycles. The third kappa shape index (κ3) is 2.53. The van der Waals surface area contributed by atoms with E-state index in [0.29, 0.717) is 9.23 Å². The molecule has 0 spiro atoms. The quantitative estimate of drug-likeness (QED) is 0.504. The van der Waals surface area contributed by atoms with Gasteiger partial charge in [0, 0.05) is 41.1 Å². The normalized spacial score (nSPS) is 16.6. The van der Waals surface area contributed by atoms with Gasteiger partial charge in [-0.3, -0.25) is 9.47 Å². The van der Waals surface area contributed by atoms with E-state index in [-0.39, 0.29) is 5.91 Å². The Morgan fingerprint density at radius 1 is 1.08 bits per heavy atom. The number of hydrogen-bond acceptors (Lipinski definition) is 3. The van der Waals surface area contributed by atoms with E-state index in [0.717, 1.165) is 27.9 Å². The molecule has 3 aromatic rings. The molecule has 0 aliphatic carbocycles. The van der Waals surface area contributed by atoms with Crippen molar-refractivity contribution in [3.8, 4) is 0 Å². The topological polar surface area (TPSA) is 30.2 Å². The van der Waals surface area contributed by atoms with Gasteiger partial charge < -0.3 is 4.57 Å². The van der Waals surface area contributed by atoms with Crippen LogP contribution in [0.5, 0.6) is 0 Å². The highest BCUT2D eigenvalue weighted by molar-refractivity contribution is 8.27. The summed E-state index contributed by atoms with van der Waals surface area (Å²) in [6, 6.07) is 12.2. The molecule has 0 unspecified atom stereocenters. The van der Waals surface area contributed by atoms with E-state index >= 15 is 0 Å². The number of carbonyl (C=O) groups is 1. The summed E-state index contributed by atoms with van der Waals surface area (Å²) in [5, 5.41) is 2.71. The van der Waals surface area contributed by atoms with Crippen LogP contribution < -0.4 is 5.01 Å². The minimum absolute atomic E-state index is 0.0784. The van der Waals surface area contributed by atoms with Gasteiger partial charge in [0.15, 0.2) is 4.32 Å². The second kappa shape index (κ2) is 5.89. The van der Waals surface area contributed by atoms with Crippen molar-refractivity contribution >= 4 is 51.2 Å². The summed E-state index contributed by atoms with van der Waals surface area (Å²) in [6.45, 7) is 3.94. The standard InChI is InChI=1S/C19H17N3OS2/c1-12-8-9-13(2)21(12)22-18(23)17(25-19(22)24)10-14-11-20(3)16-7-5-4-6-15(14)16/h4-11H,1-3H3/b17-10+. The molecule has 0 radical (unpaired) electrons. The molecule has 1 aromatic carbocycles. The Morgan fingerprint density at radius 2 is 1.76 bits per heavy atom. The van der Waals surface area contributed by atoms with Crippen LogP contribution in [0.2, 0.25) is 0 Å². The fraction of sp³-hybridized carbons (Fsp3) is 0.158. The Morgan fingerprint density at radius 3 is 2.48 bits per heavy atom. The molecule has 25 heavy (non-hydrogen) atoms. The Balaban J connectivity index is 1.78. The first-order chi connectivity index (χ1) is 12.0. The third-order valence-electron chi connectivity index (χ3n) is 4.42. The lowest BCUT2D eigenvalue weighted by Crippen LogP contribution is -2.39. The van der Waals surface area contributed by atoms with Crippen molar-refractivity contribution in [1.82, 2.24) is 9.24 Å². The van der Waals surface area contributed by atoms with Gasteiger partial charge in [0.05, 0.1) is 4.91 Å². The van der Waals surface area contributed by atoms with E-state index in [4.69, 9.17) is 12.2 Å². The molecule has 0 saturated carbocycles. The van der Waals surface area contributed by atoms with Crippen LogP contribution in [0, 0.1) is 13.8 Å². The fourth-order valence-corrected chi connectivity index (χ4v) is 4.47. The van der Waals surface area contributed by atoms with Gasteiger partial charge in [-0.05, 0) is 50.3 Å². The van der Waals surface area contributed by atoms with Crippen molar-refractivity contribution in [3.05, 3.63) is 64.5 Å². The van der Waals surface area contributed by atoms with Crippen LogP contribution >= 0.6 is 24.0 Å². The van der Waals surface area contributed by atoms with Crippen molar-refractivity contribution in [1.29, 1.82) is 0 Å². The summed E-state index contributed by atoms with van der Waals surface area (Å²) < 4.78 is 4.50. The monoisotopic (exact) mass is 367 g/mol. The van der Waals surface area contributed by atoms with Crippen LogP contribution in [0.4, 0.5) is 0 Å². The fourth-order valence-electron chi connectivity index (χ4n) is 3.24. The number of para-hydroxylation sites is 1. The molecule has 0 atom stereocenters. The van der Waals surface area contributed by atoms with Crippen LogP contribution in [-0.4, -0.2) is 19.5 Å². The van der Waals surface area contributed by atoms with E-state index in [1.165, 1.54) is 11.8 Å². The van der Waals surface area contributed by atoms with E-state index in [9.17, 15) is 4.79 Å². The van der Waals surface area contributed by atoms with Gasteiger partial charge in [0.2, 0.25) is 0 Å². The minimum atomic E-state index is -0.0784. The highest BCUT2D eigenvalue weighted by atomic mass is 32.2. The number of aryl methyl sites for hydroxylation is 3. The minimum Gasteiger partial charge on any atom is -0.350 e. The number of nitrogens with zero attached hydrogens (tertiary/aromatic N) is 3. The summed E-state index contributed by atoms with van der Waals surface area (Å²) in [7, 11) is 2.01. The number of benzene rings is 1. The van der Waals surface area contributed by atoms with Crippen molar-refractivity contribution in [2.45, 2.75) is 13.8 Å². The predicted octanol–water partition coefficient (Wildman–Crippen LogP) is 4.13. The van der Waals surface area contributed by atoms with Crippen molar-refractivity contribution in [2.75, 3.05) is 5.01 Å². The molecule has 1 aliphatic rings. The first kappa shape index (κ1) is 16.2. The first-order valence-electron chi connectivity index (χ1n) is 7.94.